The summed E-state index contributed by atoms with van der Waals surface area (Å²) in [6.07, 6.45) is -1.10. The minimum Gasteiger partial charge on any atom is -0.390 e. The first-order valence-electron chi connectivity index (χ1n) is 3.82. The lowest BCUT2D eigenvalue weighted by molar-refractivity contribution is 0.0709. The minimum atomic E-state index is -0.961. The molecule has 0 radical (unpaired) electrons. The van der Waals surface area contributed by atoms with E-state index in [-0.39, 0.29) is 5.92 Å². The van der Waals surface area contributed by atoms with Crippen LogP contribution < -0.4 is 5.32 Å². The van der Waals surface area contributed by atoms with Crippen LogP contribution in [0.15, 0.2) is 0 Å². The van der Waals surface area contributed by atoms with E-state index in [2.05, 4.69) is 5.32 Å². The lowest BCUT2D eigenvalue weighted by Crippen LogP contribution is -2.26. The summed E-state index contributed by atoms with van der Waals surface area (Å²) in [4.78, 5) is 0. The number of aliphatic hydroxyl groups excluding tert-OH is 1. The lowest BCUT2D eigenvalue weighted by atomic mass is 10.00. The molecule has 2 fully saturated rings. The van der Waals surface area contributed by atoms with Crippen LogP contribution in [0, 0.1) is 11.8 Å². The van der Waals surface area contributed by atoms with Gasteiger partial charge in [0, 0.05) is 12.5 Å². The van der Waals surface area contributed by atoms with Gasteiger partial charge in [-0.05, 0) is 18.9 Å². The molecule has 2 aliphatic rings. The highest BCUT2D eigenvalue weighted by molar-refractivity contribution is 4.96. The Balaban J connectivity index is 2.09. The van der Waals surface area contributed by atoms with Crippen LogP contribution in [0.2, 0.25) is 0 Å². The monoisotopic (exact) mass is 145 g/mol. The third-order valence-electron chi connectivity index (χ3n) is 2.73. The zero-order valence-corrected chi connectivity index (χ0v) is 5.76. The Morgan fingerprint density at radius 1 is 1.40 bits per heavy atom. The van der Waals surface area contributed by atoms with Crippen molar-refractivity contribution in [2.75, 3.05) is 13.1 Å². The van der Waals surface area contributed by atoms with Crippen LogP contribution in [0.1, 0.15) is 6.42 Å². The molecule has 4 unspecified atom stereocenters. The normalized spacial score (nSPS) is 53.4. The highest BCUT2D eigenvalue weighted by atomic mass is 19.1. The fourth-order valence-corrected chi connectivity index (χ4v) is 2.11. The van der Waals surface area contributed by atoms with Gasteiger partial charge in [-0.15, -0.1) is 0 Å². The maximum atomic E-state index is 12.8. The first kappa shape index (κ1) is 6.55. The number of hydrogen-bond donors (Lipinski definition) is 2. The second-order valence-corrected chi connectivity index (χ2v) is 3.32. The first-order chi connectivity index (χ1) is 4.79. The number of aliphatic hydroxyl groups is 1. The van der Waals surface area contributed by atoms with Gasteiger partial charge in [-0.25, -0.2) is 4.39 Å². The van der Waals surface area contributed by atoms with Crippen LogP contribution in [0.3, 0.4) is 0 Å². The van der Waals surface area contributed by atoms with Gasteiger partial charge < -0.3 is 10.4 Å². The summed E-state index contributed by atoms with van der Waals surface area (Å²) in [7, 11) is 0. The fourth-order valence-electron chi connectivity index (χ4n) is 2.11. The number of rotatable bonds is 0. The molecule has 1 saturated heterocycles. The maximum Gasteiger partial charge on any atom is 0.127 e. The van der Waals surface area contributed by atoms with Gasteiger partial charge in [-0.2, -0.15) is 0 Å². The Bertz CT molecular complexity index is 140. The van der Waals surface area contributed by atoms with Crippen molar-refractivity contribution in [3.63, 3.8) is 0 Å². The highest BCUT2D eigenvalue weighted by Crippen LogP contribution is 2.36. The molecule has 58 valence electrons. The summed E-state index contributed by atoms with van der Waals surface area (Å²) < 4.78 is 12.8. The van der Waals surface area contributed by atoms with E-state index in [9.17, 15) is 9.50 Å². The van der Waals surface area contributed by atoms with Gasteiger partial charge >= 0.3 is 0 Å². The largest absolute Gasteiger partial charge is 0.390 e. The second kappa shape index (κ2) is 2.17. The number of halogens is 1. The third kappa shape index (κ3) is 0.772. The molecule has 4 atom stereocenters. The first-order valence-corrected chi connectivity index (χ1v) is 3.82. The van der Waals surface area contributed by atoms with Crippen LogP contribution in [0.25, 0.3) is 0 Å². The van der Waals surface area contributed by atoms with E-state index < -0.39 is 12.3 Å². The molecule has 2 rings (SSSR count). The average Bonchev–Trinajstić information content (AvgIpc) is 2.41. The number of hydrogen-bond acceptors (Lipinski definition) is 2. The summed E-state index contributed by atoms with van der Waals surface area (Å²) in [6.45, 7) is 1.69. The Labute approximate surface area is 59.4 Å². The lowest BCUT2D eigenvalue weighted by Gasteiger charge is -2.11. The number of fused-ring (bicyclic) bond motifs is 1. The Morgan fingerprint density at radius 3 is 2.90 bits per heavy atom. The van der Waals surface area contributed by atoms with E-state index in [1.165, 1.54) is 0 Å². The van der Waals surface area contributed by atoms with E-state index >= 15 is 0 Å². The van der Waals surface area contributed by atoms with Crippen LogP contribution >= 0.6 is 0 Å². The summed E-state index contributed by atoms with van der Waals surface area (Å²) in [6, 6.07) is 0. The molecular formula is C7H12FNO. The topological polar surface area (TPSA) is 32.3 Å². The molecule has 0 spiro atoms. The molecule has 1 aliphatic heterocycles. The van der Waals surface area contributed by atoms with Gasteiger partial charge in [-0.3, -0.25) is 0 Å². The van der Waals surface area contributed by atoms with E-state index in [4.69, 9.17) is 0 Å². The van der Waals surface area contributed by atoms with Crippen molar-refractivity contribution in [1.82, 2.24) is 5.32 Å². The van der Waals surface area contributed by atoms with Gasteiger partial charge in [0.15, 0.2) is 0 Å². The van der Waals surface area contributed by atoms with Crippen LogP contribution in [-0.2, 0) is 0 Å². The van der Waals surface area contributed by atoms with Crippen molar-refractivity contribution in [3.05, 3.63) is 0 Å². The van der Waals surface area contributed by atoms with Crippen molar-refractivity contribution in [2.24, 2.45) is 11.8 Å². The van der Waals surface area contributed by atoms with Crippen LogP contribution in [0.4, 0.5) is 4.39 Å². The van der Waals surface area contributed by atoms with Crippen molar-refractivity contribution < 1.29 is 9.50 Å². The summed E-state index contributed by atoms with van der Waals surface area (Å²) >= 11 is 0. The number of nitrogens with one attached hydrogen (secondary N) is 1. The summed E-state index contributed by atoms with van der Waals surface area (Å²) in [5.41, 5.74) is 0. The molecule has 2 N–H and O–H groups in total. The molecule has 2 nitrogen and oxygen atoms in total. The zero-order valence-electron chi connectivity index (χ0n) is 5.76. The van der Waals surface area contributed by atoms with Gasteiger partial charge in [0.1, 0.15) is 6.17 Å². The quantitative estimate of drug-likeness (QED) is 0.500. The predicted molar refractivity (Wildman–Crippen MR) is 35.4 cm³/mol. The Morgan fingerprint density at radius 2 is 2.20 bits per heavy atom. The minimum absolute atomic E-state index is 0.190. The molecule has 0 aromatic rings. The zero-order chi connectivity index (χ0) is 7.14. The highest BCUT2D eigenvalue weighted by Gasteiger charge is 2.44. The second-order valence-electron chi connectivity index (χ2n) is 3.32. The number of alkyl halides is 1. The molecule has 1 aliphatic carbocycles. The molecule has 0 bridgehead atoms. The maximum absolute atomic E-state index is 12.8. The van der Waals surface area contributed by atoms with Crippen molar-refractivity contribution in [3.8, 4) is 0 Å². The van der Waals surface area contributed by atoms with Gasteiger partial charge in [-0.1, -0.05) is 0 Å². The molecular weight excluding hydrogens is 133 g/mol. The van der Waals surface area contributed by atoms with Crippen molar-refractivity contribution >= 4 is 0 Å². The molecule has 0 aromatic heterocycles. The van der Waals surface area contributed by atoms with Crippen molar-refractivity contribution in [1.29, 1.82) is 0 Å². The van der Waals surface area contributed by atoms with E-state index in [1.54, 1.807) is 0 Å². The molecule has 3 heteroatoms. The standard InChI is InChI=1S/C7H12FNO/c8-6-1-4-2-9-3-5(4)7(6)10/h4-7,9-10H,1-3H2. The molecule has 10 heavy (non-hydrogen) atoms. The van der Waals surface area contributed by atoms with E-state index in [0.717, 1.165) is 13.1 Å². The smallest absolute Gasteiger partial charge is 0.127 e. The van der Waals surface area contributed by atoms with Gasteiger partial charge in [0.05, 0.1) is 6.10 Å². The molecule has 1 heterocycles. The van der Waals surface area contributed by atoms with E-state index in [1.807, 2.05) is 0 Å². The van der Waals surface area contributed by atoms with Gasteiger partial charge in [0.25, 0.3) is 0 Å². The molecule has 1 saturated carbocycles. The summed E-state index contributed by atoms with van der Waals surface area (Å²) in [5, 5.41) is 12.4. The SMILES string of the molecule is OC1C(F)CC2CNCC21. The van der Waals surface area contributed by atoms with E-state index in [0.29, 0.717) is 12.3 Å². The van der Waals surface area contributed by atoms with Gasteiger partial charge in [0.2, 0.25) is 0 Å². The average molecular weight is 145 g/mol. The molecule has 0 amide bonds. The molecule has 0 aromatic carbocycles. The predicted octanol–water partition coefficient (Wildman–Crippen LogP) is -0.0753. The fraction of sp³-hybridized carbons (Fsp3) is 1.00. The van der Waals surface area contributed by atoms with Crippen molar-refractivity contribution in [2.45, 2.75) is 18.7 Å². The van der Waals surface area contributed by atoms with Crippen LogP contribution in [0.5, 0.6) is 0 Å². The third-order valence-corrected chi connectivity index (χ3v) is 2.73. The Kier molecular flexibility index (Phi) is 1.42. The Hall–Kier alpha value is -0.150. The van der Waals surface area contributed by atoms with Crippen LogP contribution in [-0.4, -0.2) is 30.5 Å². The summed E-state index contributed by atoms with van der Waals surface area (Å²) in [5.74, 6) is 0.583.